The van der Waals surface area contributed by atoms with Crippen molar-refractivity contribution in [2.24, 2.45) is 0 Å². The molecule has 1 N–H and O–H groups in total. The number of aryl methyl sites for hydroxylation is 1. The van der Waals surface area contributed by atoms with Crippen LogP contribution >= 0.6 is 0 Å². The van der Waals surface area contributed by atoms with Crippen LogP contribution in [0.3, 0.4) is 0 Å². The van der Waals surface area contributed by atoms with Crippen LogP contribution in [-0.2, 0) is 4.74 Å². The van der Waals surface area contributed by atoms with Gasteiger partial charge >= 0.3 is 6.09 Å². The molecular weight excluding hydrogens is 330 g/mol. The zero-order valence-corrected chi connectivity index (χ0v) is 15.2. The van der Waals surface area contributed by atoms with Crippen LogP contribution in [-0.4, -0.2) is 27.7 Å². The van der Waals surface area contributed by atoms with Crippen molar-refractivity contribution in [3.05, 3.63) is 53.6 Å². The Morgan fingerprint density at radius 2 is 1.85 bits per heavy atom. The third kappa shape index (κ3) is 3.33. The van der Waals surface area contributed by atoms with Crippen LogP contribution in [0, 0.1) is 6.92 Å². The number of fused-ring (bicyclic) bond motifs is 1. The van der Waals surface area contributed by atoms with Crippen LogP contribution in [0.4, 0.5) is 4.79 Å². The summed E-state index contributed by atoms with van der Waals surface area (Å²) < 4.78 is 7.07. The molecule has 134 valence electrons. The molecule has 0 amide bonds. The van der Waals surface area contributed by atoms with Crippen LogP contribution in [0.25, 0.3) is 22.2 Å². The Morgan fingerprint density at radius 3 is 2.50 bits per heavy atom. The van der Waals surface area contributed by atoms with Gasteiger partial charge < -0.3 is 9.84 Å². The first kappa shape index (κ1) is 17.7. The molecule has 5 nitrogen and oxygen atoms in total. The van der Waals surface area contributed by atoms with Gasteiger partial charge in [0.05, 0.1) is 16.8 Å². The van der Waals surface area contributed by atoms with E-state index in [1.165, 1.54) is 10.6 Å². The fourth-order valence-corrected chi connectivity index (χ4v) is 2.86. The van der Waals surface area contributed by atoms with Crippen molar-refractivity contribution in [3.63, 3.8) is 0 Å². The number of rotatable bonds is 2. The molecule has 26 heavy (non-hydrogen) atoms. The Morgan fingerprint density at radius 1 is 1.12 bits per heavy atom. The Balaban J connectivity index is 2.25. The van der Waals surface area contributed by atoms with Gasteiger partial charge in [-0.2, -0.15) is 0 Å². The molecule has 0 fully saturated rings. The Bertz CT molecular complexity index is 1010. The highest BCUT2D eigenvalue weighted by Crippen LogP contribution is 2.32. The van der Waals surface area contributed by atoms with Gasteiger partial charge in [0.25, 0.3) is 0 Å². The molecule has 0 atom stereocenters. The van der Waals surface area contributed by atoms with E-state index in [9.17, 15) is 14.7 Å². The standard InChI is InChI=1S/C21H21NO4/c1-13-5-7-17-15(9-13)11-18(22(17)20(25)26-21(2,3)4)14-6-8-19(24)16(10-14)12-23/h5-12,24H,1-4H3. The predicted octanol–water partition coefficient (Wildman–Crippen LogP) is 4.92. The van der Waals surface area contributed by atoms with Crippen LogP contribution < -0.4 is 0 Å². The van der Waals surface area contributed by atoms with Gasteiger partial charge in [-0.15, -0.1) is 0 Å². The number of aromatic hydroxyl groups is 1. The molecule has 2 aromatic carbocycles. The fraction of sp³-hybridized carbons (Fsp3) is 0.238. The predicted molar refractivity (Wildman–Crippen MR) is 101 cm³/mol. The topological polar surface area (TPSA) is 68.5 Å². The van der Waals surface area contributed by atoms with E-state index in [4.69, 9.17) is 4.74 Å². The lowest BCUT2D eigenvalue weighted by Gasteiger charge is -2.21. The number of hydrogen-bond donors (Lipinski definition) is 1. The lowest BCUT2D eigenvalue weighted by Crippen LogP contribution is -2.27. The largest absolute Gasteiger partial charge is 0.507 e. The average molecular weight is 351 g/mol. The smallest absolute Gasteiger partial charge is 0.419 e. The number of carbonyl (C=O) groups excluding carboxylic acids is 2. The Kier molecular flexibility index (Phi) is 4.32. The summed E-state index contributed by atoms with van der Waals surface area (Å²) in [5.41, 5.74) is 2.57. The lowest BCUT2D eigenvalue weighted by molar-refractivity contribution is 0.0547. The van der Waals surface area contributed by atoms with Crippen LogP contribution in [0.1, 0.15) is 36.7 Å². The summed E-state index contributed by atoms with van der Waals surface area (Å²) in [7, 11) is 0. The summed E-state index contributed by atoms with van der Waals surface area (Å²) in [5, 5.41) is 10.7. The Labute approximate surface area is 151 Å². The quantitative estimate of drug-likeness (QED) is 0.666. The molecule has 0 radical (unpaired) electrons. The number of nitrogens with zero attached hydrogens (tertiary/aromatic N) is 1. The van der Waals surface area contributed by atoms with Crippen molar-refractivity contribution in [2.45, 2.75) is 33.3 Å². The number of phenolic OH excluding ortho intramolecular Hbond substituents is 1. The van der Waals surface area contributed by atoms with Gasteiger partial charge in [0.15, 0.2) is 6.29 Å². The van der Waals surface area contributed by atoms with Crippen molar-refractivity contribution < 1.29 is 19.4 Å². The monoisotopic (exact) mass is 351 g/mol. The maximum absolute atomic E-state index is 12.9. The number of hydrogen-bond acceptors (Lipinski definition) is 4. The zero-order valence-electron chi connectivity index (χ0n) is 15.2. The Hall–Kier alpha value is -3.08. The van der Waals surface area contributed by atoms with Crippen LogP contribution in [0.15, 0.2) is 42.5 Å². The molecule has 0 spiro atoms. The first-order valence-corrected chi connectivity index (χ1v) is 8.33. The maximum atomic E-state index is 12.9. The number of phenols is 1. The third-order valence-corrected chi connectivity index (χ3v) is 3.98. The van der Waals surface area contributed by atoms with Gasteiger partial charge in [-0.25, -0.2) is 9.36 Å². The van der Waals surface area contributed by atoms with Gasteiger partial charge in [-0.3, -0.25) is 4.79 Å². The zero-order chi connectivity index (χ0) is 19.1. The summed E-state index contributed by atoms with van der Waals surface area (Å²) in [6, 6.07) is 12.4. The van der Waals surface area contributed by atoms with Crippen molar-refractivity contribution in [1.29, 1.82) is 0 Å². The second-order valence-electron chi connectivity index (χ2n) is 7.30. The highest BCUT2D eigenvalue weighted by molar-refractivity contribution is 5.97. The molecule has 3 rings (SSSR count). The number of ether oxygens (including phenoxy) is 1. The number of aromatic nitrogens is 1. The van der Waals surface area contributed by atoms with Gasteiger partial charge in [-0.1, -0.05) is 11.6 Å². The van der Waals surface area contributed by atoms with Gasteiger partial charge in [0, 0.05) is 5.39 Å². The summed E-state index contributed by atoms with van der Waals surface area (Å²) in [5.74, 6) is -0.0977. The first-order valence-electron chi connectivity index (χ1n) is 8.33. The number of aldehydes is 1. The summed E-state index contributed by atoms with van der Waals surface area (Å²) in [6.45, 7) is 7.41. The molecular formula is C21H21NO4. The van der Waals surface area contributed by atoms with Gasteiger partial charge in [0.2, 0.25) is 0 Å². The molecule has 1 aromatic heterocycles. The molecule has 5 heteroatoms. The van der Waals surface area contributed by atoms with E-state index in [-0.39, 0.29) is 11.3 Å². The lowest BCUT2D eigenvalue weighted by atomic mass is 10.1. The minimum absolute atomic E-state index is 0.0977. The van der Waals surface area contributed by atoms with Crippen LogP contribution in [0.5, 0.6) is 5.75 Å². The second kappa shape index (κ2) is 6.33. The molecule has 1 heterocycles. The molecule has 0 unspecified atom stereocenters. The summed E-state index contributed by atoms with van der Waals surface area (Å²) >= 11 is 0. The summed E-state index contributed by atoms with van der Waals surface area (Å²) in [4.78, 5) is 24.0. The third-order valence-electron chi connectivity index (χ3n) is 3.98. The molecule has 0 aliphatic carbocycles. The van der Waals surface area contributed by atoms with E-state index in [1.54, 1.807) is 12.1 Å². The van der Waals surface area contributed by atoms with E-state index in [0.717, 1.165) is 16.5 Å². The molecule has 0 bridgehead atoms. The summed E-state index contributed by atoms with van der Waals surface area (Å²) in [6.07, 6.45) is 0.0933. The van der Waals surface area contributed by atoms with E-state index in [2.05, 4.69) is 0 Å². The normalized spacial score (nSPS) is 11.5. The average Bonchev–Trinajstić information content (AvgIpc) is 2.92. The first-order chi connectivity index (χ1) is 12.2. The van der Waals surface area contributed by atoms with Crippen molar-refractivity contribution in [1.82, 2.24) is 4.57 Å². The molecule has 3 aromatic rings. The highest BCUT2D eigenvalue weighted by Gasteiger charge is 2.23. The van der Waals surface area contributed by atoms with E-state index < -0.39 is 11.7 Å². The minimum atomic E-state index is -0.640. The number of carbonyl (C=O) groups is 2. The highest BCUT2D eigenvalue weighted by atomic mass is 16.6. The minimum Gasteiger partial charge on any atom is -0.507 e. The fourth-order valence-electron chi connectivity index (χ4n) is 2.86. The van der Waals surface area contributed by atoms with E-state index in [0.29, 0.717) is 17.5 Å². The second-order valence-corrected chi connectivity index (χ2v) is 7.30. The maximum Gasteiger partial charge on any atom is 0.419 e. The molecule has 0 aliphatic heterocycles. The SMILES string of the molecule is Cc1ccc2c(c1)cc(-c1ccc(O)c(C=O)c1)n2C(=O)OC(C)(C)C. The number of benzene rings is 2. The van der Waals surface area contributed by atoms with Gasteiger partial charge in [0.1, 0.15) is 11.4 Å². The van der Waals surface area contributed by atoms with Gasteiger partial charge in [-0.05, 0) is 69.7 Å². The molecule has 0 saturated carbocycles. The van der Waals surface area contributed by atoms with Crippen LogP contribution in [0.2, 0.25) is 0 Å². The molecule has 0 saturated heterocycles. The molecule has 0 aliphatic rings. The van der Waals surface area contributed by atoms with Crippen molar-refractivity contribution >= 4 is 23.3 Å². The van der Waals surface area contributed by atoms with E-state index >= 15 is 0 Å². The van der Waals surface area contributed by atoms with Crippen molar-refractivity contribution in [3.8, 4) is 17.0 Å². The van der Waals surface area contributed by atoms with Crippen molar-refractivity contribution in [2.75, 3.05) is 0 Å². The van der Waals surface area contributed by atoms with E-state index in [1.807, 2.05) is 52.0 Å².